The number of benzene rings is 1. The van der Waals surface area contributed by atoms with Crippen molar-refractivity contribution in [3.05, 3.63) is 48.3 Å². The first-order valence-electron chi connectivity index (χ1n) is 6.14. The summed E-state index contributed by atoms with van der Waals surface area (Å²) in [6.07, 6.45) is 1.07. The molecule has 1 rings (SSSR count). The number of hydrogen-bond acceptors (Lipinski definition) is 3. The zero-order valence-electron chi connectivity index (χ0n) is 11.0. The molecule has 108 valence electrons. The fourth-order valence-corrected chi connectivity index (χ4v) is 1.40. The van der Waals surface area contributed by atoms with Crippen molar-refractivity contribution in [2.45, 2.75) is 6.42 Å². The van der Waals surface area contributed by atoms with Crippen LogP contribution in [0.15, 0.2) is 36.9 Å². The van der Waals surface area contributed by atoms with Gasteiger partial charge in [0.05, 0.1) is 6.42 Å². The number of alkyl carbamates (subject to hydrolysis) is 1. The lowest BCUT2D eigenvalue weighted by Crippen LogP contribution is -2.35. The number of carbonyl (C=O) groups is 2. The van der Waals surface area contributed by atoms with Crippen LogP contribution >= 0.6 is 0 Å². The van der Waals surface area contributed by atoms with E-state index in [0.29, 0.717) is 6.54 Å². The molecule has 0 fully saturated rings. The van der Waals surface area contributed by atoms with Crippen molar-refractivity contribution >= 4 is 12.0 Å². The summed E-state index contributed by atoms with van der Waals surface area (Å²) >= 11 is 0. The predicted octanol–water partition coefficient (Wildman–Crippen LogP) is 1.40. The van der Waals surface area contributed by atoms with Gasteiger partial charge in [-0.25, -0.2) is 9.18 Å². The van der Waals surface area contributed by atoms with Gasteiger partial charge in [-0.3, -0.25) is 4.79 Å². The largest absolute Gasteiger partial charge is 0.445 e. The van der Waals surface area contributed by atoms with Crippen molar-refractivity contribution in [1.82, 2.24) is 10.6 Å². The number of hydrogen-bond donors (Lipinski definition) is 2. The second-order valence-electron chi connectivity index (χ2n) is 3.97. The van der Waals surface area contributed by atoms with Crippen LogP contribution < -0.4 is 10.6 Å². The maximum absolute atomic E-state index is 12.7. The smallest absolute Gasteiger partial charge is 0.407 e. The molecule has 0 aliphatic carbocycles. The Morgan fingerprint density at radius 3 is 2.50 bits per heavy atom. The first-order chi connectivity index (χ1) is 9.61. The van der Waals surface area contributed by atoms with E-state index in [0.717, 1.165) is 5.56 Å². The number of nitrogens with one attached hydrogen (secondary N) is 2. The third-order valence-electron chi connectivity index (χ3n) is 2.33. The Balaban J connectivity index is 2.15. The second kappa shape index (κ2) is 8.68. The van der Waals surface area contributed by atoms with Crippen molar-refractivity contribution in [3.8, 4) is 0 Å². The number of ether oxygens (including phenoxy) is 1. The maximum Gasteiger partial charge on any atom is 0.407 e. The lowest BCUT2D eigenvalue weighted by atomic mass is 10.1. The highest BCUT2D eigenvalue weighted by molar-refractivity contribution is 5.78. The van der Waals surface area contributed by atoms with Gasteiger partial charge in [0.25, 0.3) is 0 Å². The molecule has 0 saturated heterocycles. The van der Waals surface area contributed by atoms with E-state index in [9.17, 15) is 14.0 Å². The van der Waals surface area contributed by atoms with E-state index < -0.39 is 6.09 Å². The van der Waals surface area contributed by atoms with Gasteiger partial charge in [-0.15, -0.1) is 0 Å². The van der Waals surface area contributed by atoms with Crippen LogP contribution in [-0.2, 0) is 16.0 Å². The van der Waals surface area contributed by atoms with E-state index >= 15 is 0 Å². The first kappa shape index (κ1) is 15.7. The molecule has 6 heteroatoms. The molecule has 0 heterocycles. The van der Waals surface area contributed by atoms with Crippen LogP contribution in [0.1, 0.15) is 5.56 Å². The molecule has 2 N–H and O–H groups in total. The molecular weight excluding hydrogens is 263 g/mol. The molecule has 0 spiro atoms. The number of amides is 2. The number of rotatable bonds is 7. The summed E-state index contributed by atoms with van der Waals surface area (Å²) in [6, 6.07) is 5.72. The molecule has 0 atom stereocenters. The van der Waals surface area contributed by atoms with Gasteiger partial charge in [0.15, 0.2) is 0 Å². The third kappa shape index (κ3) is 6.53. The molecular formula is C14H17FN2O3. The molecule has 20 heavy (non-hydrogen) atoms. The van der Waals surface area contributed by atoms with E-state index in [2.05, 4.69) is 21.9 Å². The van der Waals surface area contributed by atoms with E-state index in [-0.39, 0.29) is 31.3 Å². The summed E-state index contributed by atoms with van der Waals surface area (Å²) in [7, 11) is 0. The van der Waals surface area contributed by atoms with E-state index in [4.69, 9.17) is 0 Å². The Labute approximate surface area is 116 Å². The van der Waals surface area contributed by atoms with Gasteiger partial charge in [-0.2, -0.15) is 0 Å². The van der Waals surface area contributed by atoms with Crippen molar-refractivity contribution in [2.24, 2.45) is 0 Å². The van der Waals surface area contributed by atoms with Crippen LogP contribution in [0.3, 0.4) is 0 Å². The van der Waals surface area contributed by atoms with E-state index in [1.807, 2.05) is 0 Å². The Morgan fingerprint density at radius 2 is 1.85 bits per heavy atom. The lowest BCUT2D eigenvalue weighted by Gasteiger charge is -2.07. The molecule has 0 unspecified atom stereocenters. The number of carbonyl (C=O) groups excluding carboxylic acids is 2. The molecule has 0 aromatic heterocycles. The molecule has 0 bridgehead atoms. The van der Waals surface area contributed by atoms with Gasteiger partial charge in [0, 0.05) is 13.1 Å². The molecule has 0 aliphatic rings. The van der Waals surface area contributed by atoms with Crippen molar-refractivity contribution in [1.29, 1.82) is 0 Å². The highest BCUT2D eigenvalue weighted by Gasteiger charge is 2.04. The van der Waals surface area contributed by atoms with Crippen molar-refractivity contribution in [3.63, 3.8) is 0 Å². The zero-order valence-corrected chi connectivity index (χ0v) is 11.0. The molecule has 1 aromatic rings. The van der Waals surface area contributed by atoms with Crippen molar-refractivity contribution in [2.75, 3.05) is 19.7 Å². The first-order valence-corrected chi connectivity index (χ1v) is 6.14. The quantitative estimate of drug-likeness (QED) is 0.586. The van der Waals surface area contributed by atoms with E-state index in [1.165, 1.54) is 18.2 Å². The summed E-state index contributed by atoms with van der Waals surface area (Å²) < 4.78 is 17.4. The lowest BCUT2D eigenvalue weighted by molar-refractivity contribution is -0.120. The average Bonchev–Trinajstić information content (AvgIpc) is 2.44. The highest BCUT2D eigenvalue weighted by Crippen LogP contribution is 2.03. The van der Waals surface area contributed by atoms with Crippen LogP contribution in [0.5, 0.6) is 0 Å². The standard InChI is InChI=1S/C14H17FN2O3/c1-2-9-20-14(19)17-8-7-16-13(18)10-11-3-5-12(15)6-4-11/h2-6H,1,7-10H2,(H,16,18)(H,17,19). The summed E-state index contributed by atoms with van der Waals surface area (Å²) in [6.45, 7) is 4.12. The monoisotopic (exact) mass is 280 g/mol. The predicted molar refractivity (Wildman–Crippen MR) is 72.7 cm³/mol. The summed E-state index contributed by atoms with van der Waals surface area (Å²) in [5.41, 5.74) is 0.724. The maximum atomic E-state index is 12.7. The molecule has 5 nitrogen and oxygen atoms in total. The highest BCUT2D eigenvalue weighted by atomic mass is 19.1. The topological polar surface area (TPSA) is 67.4 Å². The normalized spacial score (nSPS) is 9.65. The van der Waals surface area contributed by atoms with Gasteiger partial charge in [-0.1, -0.05) is 24.8 Å². The fourth-order valence-electron chi connectivity index (χ4n) is 1.40. The van der Waals surface area contributed by atoms with Crippen LogP contribution in [0.2, 0.25) is 0 Å². The summed E-state index contributed by atoms with van der Waals surface area (Å²) in [5, 5.41) is 5.11. The van der Waals surface area contributed by atoms with Gasteiger partial charge < -0.3 is 15.4 Å². The van der Waals surface area contributed by atoms with E-state index in [1.54, 1.807) is 12.1 Å². The SMILES string of the molecule is C=CCOC(=O)NCCNC(=O)Cc1ccc(F)cc1. The molecule has 2 amide bonds. The van der Waals surface area contributed by atoms with Gasteiger partial charge >= 0.3 is 6.09 Å². The van der Waals surface area contributed by atoms with Crippen LogP contribution in [0.4, 0.5) is 9.18 Å². The van der Waals surface area contributed by atoms with Crippen LogP contribution in [0.25, 0.3) is 0 Å². The molecule has 1 aromatic carbocycles. The Bertz CT molecular complexity index is 460. The Morgan fingerprint density at radius 1 is 1.20 bits per heavy atom. The summed E-state index contributed by atoms with van der Waals surface area (Å²) in [5.74, 6) is -0.533. The minimum atomic E-state index is -0.558. The Kier molecular flexibility index (Phi) is 6.81. The molecule has 0 radical (unpaired) electrons. The fraction of sp³-hybridized carbons (Fsp3) is 0.286. The average molecular weight is 280 g/mol. The minimum Gasteiger partial charge on any atom is -0.445 e. The Hall–Kier alpha value is -2.37. The third-order valence-corrected chi connectivity index (χ3v) is 2.33. The van der Waals surface area contributed by atoms with Crippen LogP contribution in [-0.4, -0.2) is 31.7 Å². The molecule has 0 aliphatic heterocycles. The second-order valence-corrected chi connectivity index (χ2v) is 3.97. The summed E-state index contributed by atoms with van der Waals surface area (Å²) in [4.78, 5) is 22.6. The minimum absolute atomic E-state index is 0.142. The van der Waals surface area contributed by atoms with Gasteiger partial charge in [0.2, 0.25) is 5.91 Å². The van der Waals surface area contributed by atoms with Gasteiger partial charge in [-0.05, 0) is 17.7 Å². The van der Waals surface area contributed by atoms with Crippen LogP contribution in [0, 0.1) is 5.82 Å². The van der Waals surface area contributed by atoms with Gasteiger partial charge in [0.1, 0.15) is 12.4 Å². The number of halogens is 1. The zero-order chi connectivity index (χ0) is 14.8. The van der Waals surface area contributed by atoms with Crippen molar-refractivity contribution < 1.29 is 18.7 Å². The molecule has 0 saturated carbocycles.